The lowest BCUT2D eigenvalue weighted by molar-refractivity contribution is 0.241. The smallest absolute Gasteiger partial charge is 0.222 e. The first-order valence-corrected chi connectivity index (χ1v) is 10.5. The molecule has 0 bridgehead atoms. The van der Waals surface area contributed by atoms with Crippen LogP contribution in [0.5, 0.6) is 0 Å². The number of nitrogens with one attached hydrogen (secondary N) is 1. The molecule has 0 saturated carbocycles. The van der Waals surface area contributed by atoms with Crippen molar-refractivity contribution in [2.24, 2.45) is 5.92 Å². The normalized spacial score (nSPS) is 27.7. The van der Waals surface area contributed by atoms with Crippen LogP contribution in [-0.2, 0) is 6.42 Å². The molecule has 2 aliphatic heterocycles. The Kier molecular flexibility index (Phi) is 4.48. The summed E-state index contributed by atoms with van der Waals surface area (Å²) in [7, 11) is 0. The first-order chi connectivity index (χ1) is 13.3. The summed E-state index contributed by atoms with van der Waals surface area (Å²) in [6.07, 6.45) is 7.32. The van der Waals surface area contributed by atoms with Gasteiger partial charge in [0.25, 0.3) is 0 Å². The average molecular weight is 364 g/mol. The number of aromatic nitrogens is 2. The summed E-state index contributed by atoms with van der Waals surface area (Å²) in [5.41, 5.74) is 10.0. The quantitative estimate of drug-likeness (QED) is 0.858. The summed E-state index contributed by atoms with van der Waals surface area (Å²) in [4.78, 5) is 11.9. The number of benzene rings is 1. The van der Waals surface area contributed by atoms with Crippen molar-refractivity contribution < 1.29 is 0 Å². The molecule has 3 atom stereocenters. The number of piperidine rings is 2. The number of anilines is 2. The van der Waals surface area contributed by atoms with Gasteiger partial charge in [-0.15, -0.1) is 0 Å². The number of hydrogen-bond acceptors (Lipinski definition) is 5. The summed E-state index contributed by atoms with van der Waals surface area (Å²) < 4.78 is 0. The van der Waals surface area contributed by atoms with Crippen LogP contribution in [-0.4, -0.2) is 35.6 Å². The van der Waals surface area contributed by atoms with Crippen molar-refractivity contribution >= 4 is 11.8 Å². The third-order valence-corrected chi connectivity index (χ3v) is 6.70. The number of rotatable bonds is 2. The molecule has 3 aliphatic rings. The summed E-state index contributed by atoms with van der Waals surface area (Å²) in [6, 6.07) is 11.3. The van der Waals surface area contributed by atoms with E-state index in [9.17, 15) is 0 Å². The van der Waals surface area contributed by atoms with Crippen LogP contribution in [0.3, 0.4) is 0 Å². The zero-order chi connectivity index (χ0) is 18.2. The molecule has 5 heteroatoms. The van der Waals surface area contributed by atoms with Gasteiger partial charge >= 0.3 is 0 Å². The molecule has 3 heterocycles. The van der Waals surface area contributed by atoms with Crippen molar-refractivity contribution in [3.63, 3.8) is 0 Å². The van der Waals surface area contributed by atoms with Gasteiger partial charge in [0, 0.05) is 30.6 Å². The van der Waals surface area contributed by atoms with Gasteiger partial charge in [0.1, 0.15) is 5.82 Å². The van der Waals surface area contributed by atoms with Gasteiger partial charge in [-0.25, -0.2) is 4.98 Å². The van der Waals surface area contributed by atoms with Crippen LogP contribution in [0.4, 0.5) is 11.8 Å². The lowest BCUT2D eigenvalue weighted by atomic mass is 9.81. The minimum absolute atomic E-state index is 0.337. The van der Waals surface area contributed by atoms with E-state index < -0.39 is 0 Å². The van der Waals surface area contributed by atoms with Crippen LogP contribution in [0, 0.1) is 5.92 Å². The zero-order valence-electron chi connectivity index (χ0n) is 15.9. The number of nitrogens with two attached hydrogens (primary N) is 1. The number of hydrogen-bond donors (Lipinski definition) is 2. The van der Waals surface area contributed by atoms with E-state index >= 15 is 0 Å². The fourth-order valence-electron chi connectivity index (χ4n) is 5.35. The average Bonchev–Trinajstić information content (AvgIpc) is 2.73. The Balaban J connectivity index is 1.50. The molecule has 1 aliphatic carbocycles. The number of nitrogen functional groups attached to an aromatic ring is 1. The van der Waals surface area contributed by atoms with E-state index in [1.54, 1.807) is 0 Å². The number of fused-ring (bicyclic) bond motifs is 2. The maximum absolute atomic E-state index is 6.20. The van der Waals surface area contributed by atoms with Crippen molar-refractivity contribution in [2.45, 2.75) is 50.5 Å². The lowest BCUT2D eigenvalue weighted by Gasteiger charge is -2.43. The lowest BCUT2D eigenvalue weighted by Crippen LogP contribution is -2.54. The summed E-state index contributed by atoms with van der Waals surface area (Å²) in [5, 5.41) is 3.73. The van der Waals surface area contributed by atoms with Gasteiger partial charge < -0.3 is 16.0 Å². The highest BCUT2D eigenvalue weighted by Crippen LogP contribution is 2.40. The molecule has 2 fully saturated rings. The minimum atomic E-state index is 0.337. The fourth-order valence-corrected chi connectivity index (χ4v) is 5.35. The fraction of sp³-hybridized carbons (Fsp3) is 0.545. The summed E-state index contributed by atoms with van der Waals surface area (Å²) in [5.74, 6) is 2.68. The van der Waals surface area contributed by atoms with Gasteiger partial charge in [0.15, 0.2) is 0 Å². The highest BCUT2D eigenvalue weighted by molar-refractivity contribution is 5.55. The topological polar surface area (TPSA) is 67.1 Å². The van der Waals surface area contributed by atoms with Crippen LogP contribution in [0.25, 0.3) is 0 Å². The SMILES string of the molecule is Nc1nc2c(c(N3CCC4CCCNC4C3)n1)CCCC2c1ccccc1. The Labute approximate surface area is 161 Å². The van der Waals surface area contributed by atoms with Crippen LogP contribution < -0.4 is 16.0 Å². The van der Waals surface area contributed by atoms with E-state index in [1.165, 1.54) is 36.8 Å². The van der Waals surface area contributed by atoms with Crippen molar-refractivity contribution in [1.29, 1.82) is 0 Å². The predicted octanol–water partition coefficient (Wildman–Crippen LogP) is 3.11. The second-order valence-electron chi connectivity index (χ2n) is 8.32. The molecule has 27 heavy (non-hydrogen) atoms. The van der Waals surface area contributed by atoms with Crippen LogP contribution in [0.1, 0.15) is 54.8 Å². The third kappa shape index (κ3) is 3.18. The molecule has 5 nitrogen and oxygen atoms in total. The number of nitrogens with zero attached hydrogens (tertiary/aromatic N) is 3. The molecule has 142 valence electrons. The standard InChI is InChI=1S/C22H29N5/c23-22-25-20-17(15-6-2-1-3-7-15)9-4-10-18(20)21(26-22)27-13-11-16-8-5-12-24-19(16)14-27/h1-3,6-7,16-17,19,24H,4-5,8-14H2,(H2,23,25,26). The van der Waals surface area contributed by atoms with Crippen LogP contribution >= 0.6 is 0 Å². The molecular weight excluding hydrogens is 334 g/mol. The van der Waals surface area contributed by atoms with E-state index in [0.29, 0.717) is 17.9 Å². The molecule has 2 aromatic rings. The van der Waals surface area contributed by atoms with Crippen LogP contribution in [0.2, 0.25) is 0 Å². The van der Waals surface area contributed by atoms with E-state index in [1.807, 2.05) is 0 Å². The molecule has 0 radical (unpaired) electrons. The second-order valence-corrected chi connectivity index (χ2v) is 8.32. The molecule has 1 aromatic carbocycles. The predicted molar refractivity (Wildman–Crippen MR) is 109 cm³/mol. The van der Waals surface area contributed by atoms with Crippen LogP contribution in [0.15, 0.2) is 30.3 Å². The van der Waals surface area contributed by atoms with Gasteiger partial charge in [0.2, 0.25) is 5.95 Å². The molecule has 2 saturated heterocycles. The molecule has 1 aromatic heterocycles. The largest absolute Gasteiger partial charge is 0.368 e. The minimum Gasteiger partial charge on any atom is -0.368 e. The van der Waals surface area contributed by atoms with E-state index in [0.717, 1.165) is 49.9 Å². The van der Waals surface area contributed by atoms with Gasteiger partial charge in [-0.05, 0) is 56.6 Å². The van der Waals surface area contributed by atoms with Crippen molar-refractivity contribution in [3.05, 3.63) is 47.2 Å². The second kappa shape index (κ2) is 7.12. The molecular formula is C22H29N5. The van der Waals surface area contributed by atoms with E-state index in [-0.39, 0.29) is 0 Å². The maximum atomic E-state index is 6.20. The Morgan fingerprint density at radius 3 is 2.81 bits per heavy atom. The Bertz CT molecular complexity index is 806. The molecule has 0 amide bonds. The van der Waals surface area contributed by atoms with Gasteiger partial charge in [-0.1, -0.05) is 30.3 Å². The van der Waals surface area contributed by atoms with Gasteiger partial charge in [-0.2, -0.15) is 4.98 Å². The molecule has 3 unspecified atom stereocenters. The first-order valence-electron chi connectivity index (χ1n) is 10.5. The van der Waals surface area contributed by atoms with E-state index in [4.69, 9.17) is 15.7 Å². The summed E-state index contributed by atoms with van der Waals surface area (Å²) in [6.45, 7) is 3.28. The van der Waals surface area contributed by atoms with Crippen molar-refractivity contribution in [3.8, 4) is 0 Å². The van der Waals surface area contributed by atoms with Crippen molar-refractivity contribution in [2.75, 3.05) is 30.3 Å². The third-order valence-electron chi connectivity index (χ3n) is 6.70. The summed E-state index contributed by atoms with van der Waals surface area (Å²) >= 11 is 0. The van der Waals surface area contributed by atoms with Gasteiger partial charge in [0.05, 0.1) is 5.69 Å². The Morgan fingerprint density at radius 2 is 1.93 bits per heavy atom. The Morgan fingerprint density at radius 1 is 1.04 bits per heavy atom. The van der Waals surface area contributed by atoms with Crippen molar-refractivity contribution in [1.82, 2.24) is 15.3 Å². The monoisotopic (exact) mass is 363 g/mol. The highest BCUT2D eigenvalue weighted by Gasteiger charge is 2.34. The zero-order valence-corrected chi connectivity index (χ0v) is 15.9. The Hall–Kier alpha value is -2.14. The first kappa shape index (κ1) is 17.0. The molecule has 0 spiro atoms. The van der Waals surface area contributed by atoms with Gasteiger partial charge in [-0.3, -0.25) is 0 Å². The highest BCUT2D eigenvalue weighted by atomic mass is 15.2. The molecule has 3 N–H and O–H groups in total. The molecule has 5 rings (SSSR count). The van der Waals surface area contributed by atoms with E-state index in [2.05, 4.69) is 40.5 Å². The maximum Gasteiger partial charge on any atom is 0.222 e.